The van der Waals surface area contributed by atoms with Crippen LogP contribution in [0.1, 0.15) is 31.9 Å². The normalized spacial score (nSPS) is 16.9. The Morgan fingerprint density at radius 2 is 1.81 bits per heavy atom. The molecular formula is C16H25NO4. The summed E-state index contributed by atoms with van der Waals surface area (Å²) in [7, 11) is 1.94. The minimum atomic E-state index is -0.135. The van der Waals surface area contributed by atoms with Crippen LogP contribution in [0.2, 0.25) is 0 Å². The van der Waals surface area contributed by atoms with E-state index in [9.17, 15) is 0 Å². The van der Waals surface area contributed by atoms with Crippen molar-refractivity contribution in [3.63, 3.8) is 0 Å². The van der Waals surface area contributed by atoms with E-state index < -0.39 is 0 Å². The summed E-state index contributed by atoms with van der Waals surface area (Å²) >= 11 is 0. The number of nitrogens with one attached hydrogen (secondary N) is 1. The van der Waals surface area contributed by atoms with Crippen molar-refractivity contribution < 1.29 is 18.9 Å². The van der Waals surface area contributed by atoms with Crippen molar-refractivity contribution in [3.05, 3.63) is 23.8 Å². The van der Waals surface area contributed by atoms with Gasteiger partial charge in [0.15, 0.2) is 17.8 Å². The van der Waals surface area contributed by atoms with E-state index in [1.54, 1.807) is 0 Å². The van der Waals surface area contributed by atoms with Crippen LogP contribution in [0.15, 0.2) is 18.2 Å². The Morgan fingerprint density at radius 3 is 2.43 bits per heavy atom. The van der Waals surface area contributed by atoms with E-state index in [1.807, 2.05) is 33.0 Å². The first-order valence-corrected chi connectivity index (χ1v) is 7.58. The summed E-state index contributed by atoms with van der Waals surface area (Å²) in [6, 6.07) is 6.21. The zero-order chi connectivity index (χ0) is 15.1. The largest absolute Gasteiger partial charge is 0.490 e. The van der Waals surface area contributed by atoms with E-state index >= 15 is 0 Å². The molecule has 0 spiro atoms. The van der Waals surface area contributed by atoms with E-state index in [0.29, 0.717) is 26.4 Å². The van der Waals surface area contributed by atoms with Gasteiger partial charge in [0, 0.05) is 12.5 Å². The second-order valence-electron chi connectivity index (χ2n) is 4.82. The van der Waals surface area contributed by atoms with Crippen molar-refractivity contribution in [1.82, 2.24) is 5.32 Å². The molecule has 0 amide bonds. The summed E-state index contributed by atoms with van der Waals surface area (Å²) in [6.45, 7) is 6.53. The zero-order valence-electron chi connectivity index (χ0n) is 13.1. The molecule has 1 heterocycles. The Bertz CT molecular complexity index is 432. The molecule has 1 fully saturated rings. The summed E-state index contributed by atoms with van der Waals surface area (Å²) in [5.74, 6) is 1.57. The third kappa shape index (κ3) is 4.33. The van der Waals surface area contributed by atoms with E-state index in [4.69, 9.17) is 18.9 Å². The van der Waals surface area contributed by atoms with Gasteiger partial charge >= 0.3 is 0 Å². The summed E-state index contributed by atoms with van der Waals surface area (Å²) < 4.78 is 22.3. The van der Waals surface area contributed by atoms with Gasteiger partial charge in [0.25, 0.3) is 0 Å². The van der Waals surface area contributed by atoms with Crippen LogP contribution in [0, 0.1) is 0 Å². The van der Waals surface area contributed by atoms with Crippen molar-refractivity contribution in [3.8, 4) is 11.5 Å². The lowest BCUT2D eigenvalue weighted by Crippen LogP contribution is -2.23. The maximum absolute atomic E-state index is 5.68. The molecule has 1 aromatic carbocycles. The molecule has 0 radical (unpaired) electrons. The van der Waals surface area contributed by atoms with Gasteiger partial charge in [-0.05, 0) is 38.6 Å². The lowest BCUT2D eigenvalue weighted by molar-refractivity contribution is -0.0526. The van der Waals surface area contributed by atoms with Gasteiger partial charge in [0.2, 0.25) is 0 Å². The maximum Gasteiger partial charge on any atom is 0.161 e. The first-order valence-electron chi connectivity index (χ1n) is 7.58. The topological polar surface area (TPSA) is 49.0 Å². The molecule has 1 aliphatic heterocycles. The fraction of sp³-hybridized carbons (Fsp3) is 0.625. The Balaban J connectivity index is 2.13. The number of rotatable bonds is 8. The minimum Gasteiger partial charge on any atom is -0.490 e. The van der Waals surface area contributed by atoms with Crippen molar-refractivity contribution in [2.75, 3.05) is 33.5 Å². The quantitative estimate of drug-likeness (QED) is 0.798. The molecule has 118 valence electrons. The molecule has 1 aliphatic rings. The van der Waals surface area contributed by atoms with Crippen LogP contribution in [-0.4, -0.2) is 39.8 Å². The van der Waals surface area contributed by atoms with Gasteiger partial charge < -0.3 is 24.3 Å². The van der Waals surface area contributed by atoms with Crippen LogP contribution in [0.25, 0.3) is 0 Å². The van der Waals surface area contributed by atoms with Crippen LogP contribution in [0.4, 0.5) is 0 Å². The highest BCUT2D eigenvalue weighted by atomic mass is 16.7. The molecule has 1 aromatic rings. The fourth-order valence-corrected chi connectivity index (χ4v) is 2.44. The van der Waals surface area contributed by atoms with Gasteiger partial charge in [-0.2, -0.15) is 0 Å². The third-order valence-corrected chi connectivity index (χ3v) is 3.44. The van der Waals surface area contributed by atoms with Crippen molar-refractivity contribution in [2.24, 2.45) is 0 Å². The number of hydrogen-bond donors (Lipinski definition) is 1. The molecule has 21 heavy (non-hydrogen) atoms. The Kier molecular flexibility index (Phi) is 6.29. The summed E-state index contributed by atoms with van der Waals surface area (Å²) in [5, 5.41) is 3.31. The van der Waals surface area contributed by atoms with E-state index in [-0.39, 0.29) is 12.3 Å². The fourth-order valence-electron chi connectivity index (χ4n) is 2.44. The Morgan fingerprint density at radius 1 is 1.14 bits per heavy atom. The van der Waals surface area contributed by atoms with E-state index in [2.05, 4.69) is 11.4 Å². The first-order chi connectivity index (χ1) is 10.3. The summed E-state index contributed by atoms with van der Waals surface area (Å²) in [6.07, 6.45) is 0.639. The number of benzene rings is 1. The van der Waals surface area contributed by atoms with Crippen LogP contribution < -0.4 is 14.8 Å². The molecule has 0 aromatic heterocycles. The summed E-state index contributed by atoms with van der Waals surface area (Å²) in [5.41, 5.74) is 1.14. The standard InChI is InChI=1S/C16H25NO4/c1-4-18-14-7-6-12(10-15(14)19-5-2)13(17-3)11-16-20-8-9-21-16/h6-7,10,13,16-17H,4-5,8-9,11H2,1-3H3. The maximum atomic E-state index is 5.68. The van der Waals surface area contributed by atoms with Crippen molar-refractivity contribution >= 4 is 0 Å². The molecule has 5 heteroatoms. The average molecular weight is 295 g/mol. The molecule has 1 atom stereocenters. The highest BCUT2D eigenvalue weighted by molar-refractivity contribution is 5.44. The van der Waals surface area contributed by atoms with Crippen molar-refractivity contribution in [2.45, 2.75) is 32.6 Å². The number of ether oxygens (including phenoxy) is 4. The van der Waals surface area contributed by atoms with E-state index in [0.717, 1.165) is 23.5 Å². The van der Waals surface area contributed by atoms with Gasteiger partial charge in [0.1, 0.15) is 0 Å². The minimum absolute atomic E-state index is 0.135. The molecule has 0 bridgehead atoms. The molecule has 0 aliphatic carbocycles. The second kappa shape index (κ2) is 8.22. The zero-order valence-corrected chi connectivity index (χ0v) is 13.1. The first kappa shape index (κ1) is 16.1. The molecule has 2 rings (SSSR count). The van der Waals surface area contributed by atoms with Gasteiger partial charge in [-0.15, -0.1) is 0 Å². The van der Waals surface area contributed by atoms with Crippen LogP contribution in [0.5, 0.6) is 11.5 Å². The Hall–Kier alpha value is -1.30. The summed E-state index contributed by atoms with van der Waals surface area (Å²) in [4.78, 5) is 0. The molecule has 1 N–H and O–H groups in total. The van der Waals surface area contributed by atoms with Gasteiger partial charge in [-0.25, -0.2) is 0 Å². The molecule has 1 saturated heterocycles. The molecule has 0 saturated carbocycles. The lowest BCUT2D eigenvalue weighted by atomic mass is 10.0. The lowest BCUT2D eigenvalue weighted by Gasteiger charge is -2.21. The predicted molar refractivity (Wildman–Crippen MR) is 80.9 cm³/mol. The molecule has 5 nitrogen and oxygen atoms in total. The van der Waals surface area contributed by atoms with Gasteiger partial charge in [0.05, 0.1) is 26.4 Å². The smallest absolute Gasteiger partial charge is 0.161 e. The Labute approximate surface area is 126 Å². The highest BCUT2D eigenvalue weighted by Gasteiger charge is 2.22. The van der Waals surface area contributed by atoms with Gasteiger partial charge in [-0.1, -0.05) is 6.07 Å². The van der Waals surface area contributed by atoms with Crippen molar-refractivity contribution in [1.29, 1.82) is 0 Å². The SMILES string of the molecule is CCOc1ccc(C(CC2OCCO2)NC)cc1OCC. The number of hydrogen-bond acceptors (Lipinski definition) is 5. The van der Waals surface area contributed by atoms with Crippen LogP contribution >= 0.6 is 0 Å². The highest BCUT2D eigenvalue weighted by Crippen LogP contribution is 2.32. The monoisotopic (exact) mass is 295 g/mol. The average Bonchev–Trinajstić information content (AvgIpc) is 3.00. The van der Waals surface area contributed by atoms with Gasteiger partial charge in [-0.3, -0.25) is 0 Å². The molecular weight excluding hydrogens is 270 g/mol. The predicted octanol–water partition coefficient (Wildman–Crippen LogP) is 2.51. The third-order valence-electron chi connectivity index (χ3n) is 3.44. The van der Waals surface area contributed by atoms with E-state index in [1.165, 1.54) is 0 Å². The van der Waals surface area contributed by atoms with Crippen LogP contribution in [0.3, 0.4) is 0 Å². The second-order valence-corrected chi connectivity index (χ2v) is 4.82. The van der Waals surface area contributed by atoms with Crippen LogP contribution in [-0.2, 0) is 9.47 Å². The molecule has 1 unspecified atom stereocenters.